The third kappa shape index (κ3) is 3.49. The van der Waals surface area contributed by atoms with Crippen LogP contribution in [0.5, 0.6) is 0 Å². The molecular weight excluding hydrogens is 436 g/mol. The van der Waals surface area contributed by atoms with Crippen LogP contribution in [0.3, 0.4) is 0 Å². The molecule has 0 aliphatic carbocycles. The monoisotopic (exact) mass is 458 g/mol. The van der Waals surface area contributed by atoms with Crippen LogP contribution < -0.4 is 0 Å². The lowest BCUT2D eigenvalue weighted by Crippen LogP contribution is -2.64. The van der Waals surface area contributed by atoms with Crippen LogP contribution in [0.25, 0.3) is 0 Å². The molecule has 0 unspecified atom stereocenters. The number of hydrogen-bond donors (Lipinski definition) is 1. The number of aliphatic hydroxyl groups excluding tert-OH is 1. The first-order chi connectivity index (χ1) is 15.1. The molecule has 1 N–H and O–H groups in total. The van der Waals surface area contributed by atoms with Crippen molar-refractivity contribution >= 4 is 28.4 Å². The first kappa shape index (κ1) is 22.1. The average molecular weight is 458 g/mol. The largest absolute Gasteiger partial charge is 0.459 e. The van der Waals surface area contributed by atoms with Gasteiger partial charge in [-0.05, 0) is 37.1 Å². The van der Waals surface area contributed by atoms with Crippen molar-refractivity contribution in [1.29, 1.82) is 0 Å². The number of β-lactam (4-membered cyclic amide) rings is 1. The molecule has 5 atom stereocenters. The number of benzene rings is 2. The van der Waals surface area contributed by atoms with Crippen LogP contribution >= 0.6 is 0 Å². The van der Waals surface area contributed by atoms with Crippen molar-refractivity contribution in [3.05, 3.63) is 75.8 Å². The maximum Gasteiger partial charge on any atom is 0.330 e. The molecule has 2 aromatic rings. The highest BCUT2D eigenvalue weighted by Crippen LogP contribution is 2.50. The van der Waals surface area contributed by atoms with Crippen molar-refractivity contribution in [3.8, 4) is 0 Å². The Kier molecular flexibility index (Phi) is 5.59. The van der Waals surface area contributed by atoms with Gasteiger partial charge in [0.05, 0.1) is 26.6 Å². The van der Waals surface area contributed by atoms with Gasteiger partial charge in [0.1, 0.15) is 23.9 Å². The second-order valence-corrected chi connectivity index (χ2v) is 10.5. The second-order valence-electron chi connectivity index (χ2n) is 8.35. The number of carbonyl (C=O) groups is 2. The van der Waals surface area contributed by atoms with Crippen LogP contribution in [0.1, 0.15) is 31.1 Å². The molecular formula is C22H22N2O7S. The fraction of sp³-hybridized carbons (Fsp3) is 0.364. The minimum atomic E-state index is -1.60. The number of esters is 1. The molecule has 0 radical (unpaired) electrons. The average Bonchev–Trinajstić information content (AvgIpc) is 2.96. The van der Waals surface area contributed by atoms with Crippen LogP contribution in [0.2, 0.25) is 0 Å². The van der Waals surface area contributed by atoms with Gasteiger partial charge in [-0.3, -0.25) is 19.1 Å². The van der Waals surface area contributed by atoms with E-state index in [1.165, 1.54) is 29.2 Å². The third-order valence-electron chi connectivity index (χ3n) is 6.03. The number of non-ortho nitro benzene ring substituents is 1. The first-order valence-electron chi connectivity index (χ1n) is 10.0. The highest BCUT2D eigenvalue weighted by Gasteiger charge is 2.69. The number of nitro groups is 1. The van der Waals surface area contributed by atoms with E-state index < -0.39 is 55.8 Å². The van der Waals surface area contributed by atoms with E-state index in [9.17, 15) is 29.0 Å². The number of ether oxygens (including phenoxy) is 1. The van der Waals surface area contributed by atoms with Crippen molar-refractivity contribution < 1.29 is 28.6 Å². The summed E-state index contributed by atoms with van der Waals surface area (Å²) in [7, 11) is -1.60. The SMILES string of the molecule is CC1(C)[C@H](C(=O)OCc2ccc([N+](=O)[O-])cc2)N2C(=O)[C@@H]([C@@H](O)c3ccccc3)[C@H]2[S@@]1=O. The Balaban J connectivity index is 1.50. The number of nitrogens with zero attached hydrogens (tertiary/aromatic N) is 2. The Morgan fingerprint density at radius 2 is 1.84 bits per heavy atom. The van der Waals surface area contributed by atoms with Crippen molar-refractivity contribution in [2.75, 3.05) is 0 Å². The summed E-state index contributed by atoms with van der Waals surface area (Å²) in [5, 5.41) is 20.7. The van der Waals surface area contributed by atoms with Gasteiger partial charge in [0.15, 0.2) is 0 Å². The summed E-state index contributed by atoms with van der Waals surface area (Å²) in [5.41, 5.74) is 1.01. The molecule has 9 nitrogen and oxygen atoms in total. The molecule has 10 heteroatoms. The maximum atomic E-state index is 13.2. The van der Waals surface area contributed by atoms with Gasteiger partial charge >= 0.3 is 5.97 Å². The van der Waals surface area contributed by atoms with Crippen molar-refractivity contribution in [3.63, 3.8) is 0 Å². The normalized spacial score (nSPS) is 26.7. The first-order valence-corrected chi connectivity index (χ1v) is 11.2. The molecule has 2 heterocycles. The van der Waals surface area contributed by atoms with Crippen LogP contribution in [0.4, 0.5) is 5.69 Å². The van der Waals surface area contributed by atoms with Gasteiger partial charge in [-0.15, -0.1) is 0 Å². The highest BCUT2D eigenvalue weighted by molar-refractivity contribution is 7.87. The van der Waals surface area contributed by atoms with E-state index in [1.807, 2.05) is 0 Å². The molecule has 2 fully saturated rings. The van der Waals surface area contributed by atoms with Crippen LogP contribution in [0.15, 0.2) is 54.6 Å². The molecule has 4 rings (SSSR count). The number of fused-ring (bicyclic) bond motifs is 1. The van der Waals surface area contributed by atoms with Gasteiger partial charge in [0, 0.05) is 12.1 Å². The molecule has 0 aromatic heterocycles. The predicted octanol–water partition coefficient (Wildman–Crippen LogP) is 2.07. The molecule has 0 saturated carbocycles. The van der Waals surface area contributed by atoms with Crippen LogP contribution in [-0.4, -0.2) is 47.2 Å². The summed E-state index contributed by atoms with van der Waals surface area (Å²) in [5.74, 6) is -2.04. The van der Waals surface area contributed by atoms with Gasteiger partial charge in [-0.2, -0.15) is 0 Å². The van der Waals surface area contributed by atoms with Gasteiger partial charge in [0.2, 0.25) is 5.91 Å². The van der Waals surface area contributed by atoms with E-state index in [4.69, 9.17) is 4.74 Å². The quantitative estimate of drug-likeness (QED) is 0.304. The summed E-state index contributed by atoms with van der Waals surface area (Å²) in [4.78, 5) is 37.4. The smallest absolute Gasteiger partial charge is 0.330 e. The number of rotatable bonds is 6. The van der Waals surface area contributed by atoms with E-state index in [0.717, 1.165) is 0 Å². The van der Waals surface area contributed by atoms with Crippen molar-refractivity contribution in [2.45, 2.75) is 42.7 Å². The fourth-order valence-corrected chi connectivity index (χ4v) is 6.29. The second kappa shape index (κ2) is 8.10. The summed E-state index contributed by atoms with van der Waals surface area (Å²) >= 11 is 0. The minimum Gasteiger partial charge on any atom is -0.459 e. The van der Waals surface area contributed by atoms with Crippen molar-refractivity contribution in [1.82, 2.24) is 4.90 Å². The molecule has 2 saturated heterocycles. The zero-order valence-electron chi connectivity index (χ0n) is 17.4. The molecule has 2 aliphatic rings. The molecule has 2 aliphatic heterocycles. The number of aliphatic hydroxyl groups is 1. The van der Waals surface area contributed by atoms with Crippen molar-refractivity contribution in [2.24, 2.45) is 5.92 Å². The number of carbonyl (C=O) groups excluding carboxylic acids is 2. The van der Waals surface area contributed by atoms with Gasteiger partial charge in [0.25, 0.3) is 5.69 Å². The van der Waals surface area contributed by atoms with E-state index >= 15 is 0 Å². The summed E-state index contributed by atoms with van der Waals surface area (Å²) in [6.45, 7) is 3.13. The Morgan fingerprint density at radius 1 is 1.22 bits per heavy atom. The highest BCUT2D eigenvalue weighted by atomic mass is 32.2. The van der Waals surface area contributed by atoms with Crippen LogP contribution in [-0.2, 0) is 31.7 Å². The molecule has 168 valence electrons. The van der Waals surface area contributed by atoms with E-state index in [-0.39, 0.29) is 12.3 Å². The fourth-order valence-electron chi connectivity index (χ4n) is 4.27. The molecule has 0 spiro atoms. The predicted molar refractivity (Wildman–Crippen MR) is 114 cm³/mol. The Morgan fingerprint density at radius 3 is 2.44 bits per heavy atom. The Labute approximate surface area is 186 Å². The zero-order valence-corrected chi connectivity index (χ0v) is 18.2. The van der Waals surface area contributed by atoms with E-state index in [0.29, 0.717) is 11.1 Å². The Bertz CT molecular complexity index is 1090. The van der Waals surface area contributed by atoms with Crippen LogP contribution in [0, 0.1) is 16.0 Å². The van der Waals surface area contributed by atoms with Gasteiger partial charge in [-0.1, -0.05) is 30.3 Å². The topological polar surface area (TPSA) is 127 Å². The molecule has 32 heavy (non-hydrogen) atoms. The lowest BCUT2D eigenvalue weighted by atomic mass is 9.85. The number of nitro benzene ring substituents is 1. The number of amides is 1. The standard InChI is InChI=1S/C22H22N2O7S/c1-22(2)18(21(27)31-12-13-8-10-15(11-9-13)24(28)29)23-19(26)16(20(23)32(22)30)17(25)14-6-4-3-5-7-14/h3-11,16-18,20,25H,12H2,1-2H3/t16-,17+,18+,20-,32+/m1/s1. The third-order valence-corrected chi connectivity index (χ3v) is 8.25. The lowest BCUT2D eigenvalue weighted by Gasteiger charge is -2.45. The molecule has 1 amide bonds. The zero-order chi connectivity index (χ0) is 23.2. The molecule has 0 bridgehead atoms. The summed E-state index contributed by atoms with van der Waals surface area (Å²) in [6.07, 6.45) is -1.13. The summed E-state index contributed by atoms with van der Waals surface area (Å²) < 4.78 is 17.5. The number of hydrogen-bond acceptors (Lipinski definition) is 7. The van der Waals surface area contributed by atoms with Gasteiger partial charge in [-0.25, -0.2) is 4.79 Å². The minimum absolute atomic E-state index is 0.0792. The Hall–Kier alpha value is -3.11. The lowest BCUT2D eigenvalue weighted by molar-refractivity contribution is -0.384. The molecule has 2 aromatic carbocycles. The maximum absolute atomic E-state index is 13.2. The van der Waals surface area contributed by atoms with E-state index in [1.54, 1.807) is 44.2 Å². The van der Waals surface area contributed by atoms with Gasteiger partial charge < -0.3 is 14.7 Å². The van der Waals surface area contributed by atoms with E-state index in [2.05, 4.69) is 0 Å². The summed E-state index contributed by atoms with van der Waals surface area (Å²) in [6, 6.07) is 13.2.